The summed E-state index contributed by atoms with van der Waals surface area (Å²) >= 11 is 0. The topological polar surface area (TPSA) is 30.7 Å². The molecule has 2 aromatic heterocycles. The Balaban J connectivity index is 2.52. The van der Waals surface area contributed by atoms with Crippen LogP contribution in [0.2, 0.25) is 0 Å². The number of aromatic nitrogens is 3. The zero-order valence-electron chi connectivity index (χ0n) is 9.91. The first-order valence-electron chi connectivity index (χ1n) is 5.36. The van der Waals surface area contributed by atoms with Gasteiger partial charge in [0.1, 0.15) is 17.2 Å². The Hall–Kier alpha value is -1.78. The second-order valence-corrected chi connectivity index (χ2v) is 4.22. The third-order valence-electron chi connectivity index (χ3n) is 2.48. The van der Waals surface area contributed by atoms with Crippen LogP contribution >= 0.6 is 0 Å². The van der Waals surface area contributed by atoms with Crippen molar-refractivity contribution < 1.29 is 8.78 Å². The first kappa shape index (κ1) is 11.7. The minimum absolute atomic E-state index is 0.0864. The molecule has 5 heteroatoms. The predicted molar refractivity (Wildman–Crippen MR) is 60.5 cm³/mol. The normalized spacial score (nSPS) is 11.2. The van der Waals surface area contributed by atoms with Gasteiger partial charge in [-0.05, 0) is 26.3 Å². The van der Waals surface area contributed by atoms with Crippen LogP contribution in [0, 0.1) is 18.6 Å². The molecule has 0 spiro atoms. The van der Waals surface area contributed by atoms with Crippen LogP contribution in [-0.2, 0) is 0 Å². The Labute approximate surface area is 98.1 Å². The quantitative estimate of drug-likeness (QED) is 0.803. The molecule has 0 aromatic carbocycles. The van der Waals surface area contributed by atoms with Crippen LogP contribution in [0.15, 0.2) is 18.5 Å². The molecule has 17 heavy (non-hydrogen) atoms. The van der Waals surface area contributed by atoms with Crippen LogP contribution in [0.3, 0.4) is 0 Å². The van der Waals surface area contributed by atoms with E-state index in [1.54, 1.807) is 4.68 Å². The van der Waals surface area contributed by atoms with Crippen molar-refractivity contribution in [2.75, 3.05) is 0 Å². The van der Waals surface area contributed by atoms with Crippen LogP contribution < -0.4 is 0 Å². The van der Waals surface area contributed by atoms with E-state index in [-0.39, 0.29) is 11.7 Å². The van der Waals surface area contributed by atoms with E-state index in [4.69, 9.17) is 0 Å². The standard InChI is InChI=1S/C12H13F2N3/c1-7(2)17-6-8(3)11(16-17)12-10(14)4-9(13)5-15-12/h4-7H,1-3H3. The molecule has 0 amide bonds. The van der Waals surface area contributed by atoms with Crippen molar-refractivity contribution in [1.29, 1.82) is 0 Å². The maximum absolute atomic E-state index is 13.6. The molecular weight excluding hydrogens is 224 g/mol. The van der Waals surface area contributed by atoms with Crippen LogP contribution in [0.1, 0.15) is 25.5 Å². The first-order chi connectivity index (χ1) is 7.99. The Morgan fingerprint density at radius 3 is 2.47 bits per heavy atom. The third kappa shape index (κ3) is 2.18. The van der Waals surface area contributed by atoms with Gasteiger partial charge in [0.15, 0.2) is 5.82 Å². The van der Waals surface area contributed by atoms with Gasteiger partial charge >= 0.3 is 0 Å². The number of rotatable bonds is 2. The van der Waals surface area contributed by atoms with E-state index in [0.29, 0.717) is 5.69 Å². The maximum Gasteiger partial charge on any atom is 0.154 e. The highest BCUT2D eigenvalue weighted by Crippen LogP contribution is 2.23. The van der Waals surface area contributed by atoms with Crippen molar-refractivity contribution in [2.45, 2.75) is 26.8 Å². The fraction of sp³-hybridized carbons (Fsp3) is 0.333. The van der Waals surface area contributed by atoms with E-state index in [2.05, 4.69) is 10.1 Å². The molecular formula is C12H13F2N3. The molecule has 0 saturated carbocycles. The van der Waals surface area contributed by atoms with Crippen molar-refractivity contribution in [3.63, 3.8) is 0 Å². The summed E-state index contributed by atoms with van der Waals surface area (Å²) in [4.78, 5) is 3.76. The van der Waals surface area contributed by atoms with Gasteiger partial charge in [-0.3, -0.25) is 4.68 Å². The highest BCUT2D eigenvalue weighted by molar-refractivity contribution is 5.58. The van der Waals surface area contributed by atoms with Gasteiger partial charge < -0.3 is 0 Å². The van der Waals surface area contributed by atoms with Gasteiger partial charge in [0.25, 0.3) is 0 Å². The van der Waals surface area contributed by atoms with Crippen molar-refractivity contribution >= 4 is 0 Å². The zero-order valence-corrected chi connectivity index (χ0v) is 9.91. The van der Waals surface area contributed by atoms with E-state index < -0.39 is 11.6 Å². The van der Waals surface area contributed by atoms with Crippen LogP contribution in [0.4, 0.5) is 8.78 Å². The fourth-order valence-electron chi connectivity index (χ4n) is 1.57. The van der Waals surface area contributed by atoms with Gasteiger partial charge in [-0.2, -0.15) is 5.10 Å². The summed E-state index contributed by atoms with van der Waals surface area (Å²) < 4.78 is 28.1. The molecule has 2 rings (SSSR count). The van der Waals surface area contributed by atoms with E-state index in [1.807, 2.05) is 27.0 Å². The average molecular weight is 237 g/mol. The molecule has 0 N–H and O–H groups in total. The Bertz CT molecular complexity index is 547. The number of pyridine rings is 1. The van der Waals surface area contributed by atoms with Crippen LogP contribution in [0.25, 0.3) is 11.4 Å². The lowest BCUT2D eigenvalue weighted by atomic mass is 10.2. The van der Waals surface area contributed by atoms with Crippen molar-refractivity contribution in [3.05, 3.63) is 35.7 Å². The number of nitrogens with zero attached hydrogens (tertiary/aromatic N) is 3. The SMILES string of the molecule is Cc1cn(C(C)C)nc1-c1ncc(F)cc1F. The number of hydrogen-bond donors (Lipinski definition) is 0. The molecule has 0 radical (unpaired) electrons. The predicted octanol–water partition coefficient (Wildman–Crippen LogP) is 3.11. The molecule has 90 valence electrons. The fourth-order valence-corrected chi connectivity index (χ4v) is 1.57. The highest BCUT2D eigenvalue weighted by Gasteiger charge is 2.15. The van der Waals surface area contributed by atoms with Crippen molar-refractivity contribution in [3.8, 4) is 11.4 Å². The molecule has 0 aliphatic heterocycles. The summed E-state index contributed by atoms with van der Waals surface area (Å²) in [6, 6.07) is 1.00. The van der Waals surface area contributed by atoms with E-state index >= 15 is 0 Å². The Morgan fingerprint density at radius 2 is 1.94 bits per heavy atom. The molecule has 0 aliphatic rings. The second kappa shape index (κ2) is 4.24. The number of aryl methyl sites for hydroxylation is 1. The lowest BCUT2D eigenvalue weighted by molar-refractivity contribution is 0.532. The molecule has 0 saturated heterocycles. The summed E-state index contributed by atoms with van der Waals surface area (Å²) in [6.07, 6.45) is 2.82. The van der Waals surface area contributed by atoms with Crippen LogP contribution in [0.5, 0.6) is 0 Å². The van der Waals surface area contributed by atoms with E-state index in [1.165, 1.54) is 0 Å². The van der Waals surface area contributed by atoms with Gasteiger partial charge in [0, 0.05) is 18.3 Å². The van der Waals surface area contributed by atoms with Crippen LogP contribution in [-0.4, -0.2) is 14.8 Å². The van der Waals surface area contributed by atoms with Gasteiger partial charge in [-0.15, -0.1) is 0 Å². The molecule has 0 atom stereocenters. The summed E-state index contributed by atoms with van der Waals surface area (Å²) in [5.41, 5.74) is 1.36. The molecule has 2 heterocycles. The molecule has 0 bridgehead atoms. The lowest BCUT2D eigenvalue weighted by Crippen LogP contribution is -2.01. The van der Waals surface area contributed by atoms with Crippen molar-refractivity contribution in [1.82, 2.24) is 14.8 Å². The van der Waals surface area contributed by atoms with Gasteiger partial charge in [-0.1, -0.05) is 0 Å². The zero-order chi connectivity index (χ0) is 12.6. The monoisotopic (exact) mass is 237 g/mol. The number of halogens is 2. The number of hydrogen-bond acceptors (Lipinski definition) is 2. The smallest absolute Gasteiger partial charge is 0.154 e. The minimum atomic E-state index is -0.692. The van der Waals surface area contributed by atoms with E-state index in [9.17, 15) is 8.78 Å². The van der Waals surface area contributed by atoms with Gasteiger partial charge in [0.05, 0.1) is 6.20 Å². The first-order valence-corrected chi connectivity index (χ1v) is 5.36. The minimum Gasteiger partial charge on any atom is -0.269 e. The summed E-state index contributed by atoms with van der Waals surface area (Å²) in [7, 11) is 0. The van der Waals surface area contributed by atoms with Crippen molar-refractivity contribution in [2.24, 2.45) is 0 Å². The highest BCUT2D eigenvalue weighted by atomic mass is 19.1. The molecule has 3 nitrogen and oxygen atoms in total. The summed E-state index contributed by atoms with van der Waals surface area (Å²) in [6.45, 7) is 5.78. The maximum atomic E-state index is 13.6. The Morgan fingerprint density at radius 1 is 1.24 bits per heavy atom. The summed E-state index contributed by atoms with van der Waals surface area (Å²) in [5.74, 6) is -1.38. The average Bonchev–Trinajstić information content (AvgIpc) is 2.61. The summed E-state index contributed by atoms with van der Waals surface area (Å²) in [5, 5.41) is 4.26. The molecule has 0 aliphatic carbocycles. The van der Waals surface area contributed by atoms with Gasteiger partial charge in [0.2, 0.25) is 0 Å². The molecule has 0 unspecified atom stereocenters. The van der Waals surface area contributed by atoms with E-state index in [0.717, 1.165) is 17.8 Å². The molecule has 0 fully saturated rings. The lowest BCUT2D eigenvalue weighted by Gasteiger charge is -2.03. The third-order valence-corrected chi connectivity index (χ3v) is 2.48. The Kier molecular flexibility index (Phi) is 2.92. The largest absolute Gasteiger partial charge is 0.269 e. The van der Waals surface area contributed by atoms with Gasteiger partial charge in [-0.25, -0.2) is 13.8 Å². The second-order valence-electron chi connectivity index (χ2n) is 4.22. The molecule has 2 aromatic rings.